The van der Waals surface area contributed by atoms with Gasteiger partial charge < -0.3 is 15.4 Å². The van der Waals surface area contributed by atoms with Gasteiger partial charge in [-0.25, -0.2) is 9.97 Å². The van der Waals surface area contributed by atoms with Crippen LogP contribution < -0.4 is 10.9 Å². The second-order valence-corrected chi connectivity index (χ2v) is 9.69. The Kier molecular flexibility index (Phi) is 4.69. The van der Waals surface area contributed by atoms with E-state index in [1.165, 1.54) is 10.9 Å². The van der Waals surface area contributed by atoms with Gasteiger partial charge in [-0.1, -0.05) is 24.6 Å². The normalized spacial score (nSPS) is 16.1. The van der Waals surface area contributed by atoms with E-state index in [1.54, 1.807) is 30.5 Å². The molecule has 0 unspecified atom stereocenters. The number of H-pyrrole nitrogens is 1. The van der Waals surface area contributed by atoms with Crippen molar-refractivity contribution in [1.82, 2.24) is 19.5 Å². The topological polar surface area (TPSA) is 149 Å². The predicted octanol–water partition coefficient (Wildman–Crippen LogP) is 3.92. The van der Waals surface area contributed by atoms with E-state index >= 15 is 0 Å². The van der Waals surface area contributed by atoms with Crippen molar-refractivity contribution in [2.45, 2.75) is 31.7 Å². The van der Waals surface area contributed by atoms with E-state index in [4.69, 9.17) is 0 Å². The second-order valence-electron chi connectivity index (χ2n) is 8.06. The van der Waals surface area contributed by atoms with Crippen LogP contribution in [0, 0.1) is 5.92 Å². The summed E-state index contributed by atoms with van der Waals surface area (Å²) in [6.07, 6.45) is 3.74. The first-order valence-electron chi connectivity index (χ1n) is 10.1. The number of aromatic nitrogens is 4. The van der Waals surface area contributed by atoms with Crippen LogP contribution in [-0.4, -0.2) is 39.6 Å². The molecule has 0 atom stereocenters. The fourth-order valence-electron chi connectivity index (χ4n) is 3.86. The van der Waals surface area contributed by atoms with Gasteiger partial charge in [0, 0.05) is 12.7 Å². The van der Waals surface area contributed by atoms with Crippen molar-refractivity contribution in [3.8, 4) is 5.75 Å². The lowest BCUT2D eigenvalue weighted by Crippen LogP contribution is -2.32. The van der Waals surface area contributed by atoms with Gasteiger partial charge in [0.15, 0.2) is 5.84 Å². The third-order valence-corrected chi connectivity index (χ3v) is 6.85. The van der Waals surface area contributed by atoms with Crippen molar-refractivity contribution in [1.29, 1.82) is 0 Å². The number of fused-ring (bicyclic) bond motifs is 4. The Balaban J connectivity index is 1.74. The molecule has 1 aliphatic heterocycles. The van der Waals surface area contributed by atoms with Crippen LogP contribution in [0.3, 0.4) is 0 Å². The Labute approximate surface area is 184 Å². The molecule has 4 aromatic rings. The SMILES string of the molecule is CC(C)CCn1c(=O)c(C2=NS(O)(O)c3c(ccc4[nH]cnc34)N2)c(O)c2cccnc21. The van der Waals surface area contributed by atoms with Gasteiger partial charge in [0.1, 0.15) is 27.4 Å². The number of rotatable bonds is 4. The molecule has 0 aliphatic carbocycles. The highest BCUT2D eigenvalue weighted by Gasteiger charge is 2.32. The number of hydrogen-bond acceptors (Lipinski definition) is 8. The lowest BCUT2D eigenvalue weighted by Gasteiger charge is -2.34. The van der Waals surface area contributed by atoms with E-state index in [9.17, 15) is 19.0 Å². The average molecular weight is 455 g/mol. The lowest BCUT2D eigenvalue weighted by molar-refractivity contribution is 0.473. The van der Waals surface area contributed by atoms with Gasteiger partial charge in [0.25, 0.3) is 5.56 Å². The summed E-state index contributed by atoms with van der Waals surface area (Å²) in [5, 5.41) is 14.4. The van der Waals surface area contributed by atoms with Gasteiger partial charge in [-0.15, -0.1) is 4.40 Å². The molecule has 0 bridgehead atoms. The Bertz CT molecular complexity index is 1460. The Morgan fingerprint density at radius 2 is 2.00 bits per heavy atom. The van der Waals surface area contributed by atoms with Gasteiger partial charge in [-0.05, 0) is 36.6 Å². The quantitative estimate of drug-likeness (QED) is 0.314. The standard InChI is InChI=1S/C21H22N6O4S/c1-11(2)7-9-27-20-12(4-3-8-22-20)17(28)15(21(27)29)19-25-14-6-5-13-16(24-10-23-13)18(14)32(30,31)26-19/h3-6,8,10-11,28,30-31H,7,9H2,1-2H3,(H,23,24)(H,25,26). The molecule has 4 heterocycles. The summed E-state index contributed by atoms with van der Waals surface area (Å²) >= 11 is 0. The largest absolute Gasteiger partial charge is 0.506 e. The third-order valence-electron chi connectivity index (χ3n) is 5.45. The first-order chi connectivity index (χ1) is 15.3. The number of aryl methyl sites for hydroxylation is 1. The first kappa shape index (κ1) is 20.5. The summed E-state index contributed by atoms with van der Waals surface area (Å²) < 4.78 is 27.3. The summed E-state index contributed by atoms with van der Waals surface area (Å²) in [4.78, 5) is 25.0. The smallest absolute Gasteiger partial charge is 0.267 e. The van der Waals surface area contributed by atoms with E-state index in [-0.39, 0.29) is 22.0 Å². The van der Waals surface area contributed by atoms with Gasteiger partial charge in [0.2, 0.25) is 0 Å². The molecule has 0 fully saturated rings. The molecule has 166 valence electrons. The number of nitrogens with zero attached hydrogens (tertiary/aromatic N) is 4. The lowest BCUT2D eigenvalue weighted by atomic mass is 10.1. The molecule has 11 heteroatoms. The van der Waals surface area contributed by atoms with Crippen LogP contribution in [-0.2, 0) is 6.54 Å². The number of imidazole rings is 1. The summed E-state index contributed by atoms with van der Waals surface area (Å²) in [6, 6.07) is 6.71. The fourth-order valence-corrected chi connectivity index (χ4v) is 5.18. The maximum Gasteiger partial charge on any atom is 0.267 e. The van der Waals surface area contributed by atoms with Crippen molar-refractivity contribution in [3.05, 3.63) is 52.7 Å². The summed E-state index contributed by atoms with van der Waals surface area (Å²) in [5.74, 6) is -0.0817. The average Bonchev–Trinajstić information content (AvgIpc) is 3.21. The molecule has 5 rings (SSSR count). The number of nitrogens with one attached hydrogen (secondary N) is 2. The van der Waals surface area contributed by atoms with Gasteiger partial charge in [-0.2, -0.15) is 0 Å². The Morgan fingerprint density at radius 1 is 1.19 bits per heavy atom. The van der Waals surface area contributed by atoms with Crippen LogP contribution in [0.2, 0.25) is 0 Å². The predicted molar refractivity (Wildman–Crippen MR) is 124 cm³/mol. The Morgan fingerprint density at radius 3 is 2.78 bits per heavy atom. The van der Waals surface area contributed by atoms with E-state index < -0.39 is 16.3 Å². The van der Waals surface area contributed by atoms with Crippen molar-refractivity contribution >= 4 is 44.4 Å². The van der Waals surface area contributed by atoms with Crippen LogP contribution in [0.15, 0.2) is 50.9 Å². The molecule has 0 amide bonds. The zero-order valence-corrected chi connectivity index (χ0v) is 18.2. The van der Waals surface area contributed by atoms with E-state index in [2.05, 4.69) is 38.5 Å². The van der Waals surface area contributed by atoms with E-state index in [0.29, 0.717) is 40.2 Å². The molecule has 0 spiro atoms. The van der Waals surface area contributed by atoms with Crippen molar-refractivity contribution in [3.63, 3.8) is 0 Å². The van der Waals surface area contributed by atoms with Crippen LogP contribution in [0.4, 0.5) is 5.69 Å². The summed E-state index contributed by atoms with van der Waals surface area (Å²) in [6.45, 7) is 4.50. The van der Waals surface area contributed by atoms with E-state index in [1.807, 2.05) is 0 Å². The van der Waals surface area contributed by atoms with Crippen LogP contribution in [0.5, 0.6) is 5.75 Å². The van der Waals surface area contributed by atoms with Crippen molar-refractivity contribution in [2.24, 2.45) is 10.3 Å². The van der Waals surface area contributed by atoms with Gasteiger partial charge >= 0.3 is 0 Å². The molecule has 1 aromatic carbocycles. The third kappa shape index (κ3) is 3.13. The number of amidine groups is 1. The van der Waals surface area contributed by atoms with Gasteiger partial charge in [0.05, 0.1) is 22.9 Å². The second kappa shape index (κ2) is 7.33. The van der Waals surface area contributed by atoms with Crippen LogP contribution in [0.25, 0.3) is 22.1 Å². The maximum atomic E-state index is 13.5. The fraction of sp³-hybridized carbons (Fsp3) is 0.238. The zero-order valence-electron chi connectivity index (χ0n) is 17.4. The highest BCUT2D eigenvalue weighted by atomic mass is 32.3. The Hall–Kier alpha value is -3.41. The molecule has 1 aliphatic rings. The molecule has 32 heavy (non-hydrogen) atoms. The summed E-state index contributed by atoms with van der Waals surface area (Å²) in [7, 11) is -3.69. The van der Waals surface area contributed by atoms with Gasteiger partial charge in [-0.3, -0.25) is 18.5 Å². The number of anilines is 1. The molecule has 5 N–H and O–H groups in total. The number of hydrogen-bond donors (Lipinski definition) is 5. The summed E-state index contributed by atoms with van der Waals surface area (Å²) in [5.41, 5.74) is 1.07. The maximum absolute atomic E-state index is 13.5. The number of aromatic hydroxyl groups is 1. The van der Waals surface area contributed by atoms with Crippen LogP contribution >= 0.6 is 10.8 Å². The molecular weight excluding hydrogens is 432 g/mol. The number of benzene rings is 1. The van der Waals surface area contributed by atoms with Crippen molar-refractivity contribution in [2.75, 3.05) is 5.32 Å². The zero-order chi connectivity index (χ0) is 22.6. The number of aromatic amines is 1. The molecule has 0 saturated carbocycles. The number of pyridine rings is 2. The van der Waals surface area contributed by atoms with Crippen LogP contribution in [0.1, 0.15) is 25.8 Å². The minimum Gasteiger partial charge on any atom is -0.506 e. The van der Waals surface area contributed by atoms with Crippen molar-refractivity contribution < 1.29 is 14.2 Å². The molecular formula is C21H22N6O4S. The monoisotopic (exact) mass is 454 g/mol. The first-order valence-corrected chi connectivity index (χ1v) is 11.6. The minimum absolute atomic E-state index is 0.112. The van der Waals surface area contributed by atoms with E-state index in [0.717, 1.165) is 6.42 Å². The molecule has 0 saturated heterocycles. The molecule has 0 radical (unpaired) electrons. The molecule has 3 aromatic heterocycles. The highest BCUT2D eigenvalue weighted by molar-refractivity contribution is 8.23. The highest BCUT2D eigenvalue weighted by Crippen LogP contribution is 2.57. The minimum atomic E-state index is -3.69. The molecule has 10 nitrogen and oxygen atoms in total.